The number of fused-ring (bicyclic) bond motifs is 1. The highest BCUT2D eigenvalue weighted by atomic mass is 16.6. The Kier molecular flexibility index (Phi) is 3.66. The van der Waals surface area contributed by atoms with Crippen molar-refractivity contribution < 1.29 is 9.53 Å². The van der Waals surface area contributed by atoms with Gasteiger partial charge in [0, 0.05) is 17.6 Å². The number of benzene rings is 1. The van der Waals surface area contributed by atoms with Crippen molar-refractivity contribution in [2.24, 2.45) is 5.92 Å². The first-order valence-electron chi connectivity index (χ1n) is 7.44. The van der Waals surface area contributed by atoms with Crippen LogP contribution in [0.15, 0.2) is 24.3 Å². The highest BCUT2D eigenvalue weighted by Gasteiger charge is 2.35. The lowest BCUT2D eigenvalue weighted by atomic mass is 9.90. The van der Waals surface area contributed by atoms with E-state index in [0.29, 0.717) is 18.6 Å². The Bertz CT molecular complexity index is 501. The number of hydrogen-bond donors (Lipinski definition) is 1. The zero-order valence-corrected chi connectivity index (χ0v) is 12.1. The monoisotopic (exact) mass is 274 g/mol. The maximum atomic E-state index is 12.2. The molecule has 0 bridgehead atoms. The number of carbonyl (C=O) groups is 1. The van der Waals surface area contributed by atoms with Gasteiger partial charge in [-0.3, -0.25) is 4.90 Å². The second-order valence-corrected chi connectivity index (χ2v) is 6.04. The van der Waals surface area contributed by atoms with Crippen LogP contribution in [0.1, 0.15) is 32.3 Å². The van der Waals surface area contributed by atoms with Gasteiger partial charge in [-0.1, -0.05) is 32.0 Å². The van der Waals surface area contributed by atoms with E-state index in [1.807, 2.05) is 29.2 Å². The van der Waals surface area contributed by atoms with Crippen LogP contribution in [0.4, 0.5) is 10.5 Å². The van der Waals surface area contributed by atoms with Gasteiger partial charge in [0.05, 0.1) is 5.69 Å². The molecule has 0 aliphatic carbocycles. The lowest BCUT2D eigenvalue weighted by Crippen LogP contribution is -2.52. The van der Waals surface area contributed by atoms with Gasteiger partial charge in [-0.15, -0.1) is 0 Å². The lowest BCUT2D eigenvalue weighted by molar-refractivity contribution is 0.135. The van der Waals surface area contributed by atoms with Crippen LogP contribution >= 0.6 is 0 Å². The van der Waals surface area contributed by atoms with Crippen LogP contribution in [0.5, 0.6) is 0 Å². The zero-order valence-electron chi connectivity index (χ0n) is 12.1. The van der Waals surface area contributed by atoms with Gasteiger partial charge in [-0.2, -0.15) is 0 Å². The lowest BCUT2D eigenvalue weighted by Gasteiger charge is -2.41. The van der Waals surface area contributed by atoms with Gasteiger partial charge in [-0.25, -0.2) is 4.79 Å². The molecule has 1 N–H and O–H groups in total. The van der Waals surface area contributed by atoms with Crippen LogP contribution in [-0.4, -0.2) is 24.7 Å². The maximum absolute atomic E-state index is 12.2. The van der Waals surface area contributed by atoms with Crippen molar-refractivity contribution in [1.29, 1.82) is 0 Å². The van der Waals surface area contributed by atoms with Crippen molar-refractivity contribution >= 4 is 11.8 Å². The number of anilines is 1. The van der Waals surface area contributed by atoms with Crippen LogP contribution in [0, 0.1) is 5.92 Å². The first-order valence-corrected chi connectivity index (χ1v) is 7.44. The molecule has 2 heterocycles. The molecule has 108 valence electrons. The SMILES string of the molecule is CC(C)C1CC(N2C(=O)OCc3ccccc32)CCN1. The Balaban J connectivity index is 1.87. The number of ether oxygens (including phenoxy) is 1. The summed E-state index contributed by atoms with van der Waals surface area (Å²) in [5.74, 6) is 0.578. The summed E-state index contributed by atoms with van der Waals surface area (Å²) in [7, 11) is 0. The number of amides is 1. The molecule has 1 amide bonds. The summed E-state index contributed by atoms with van der Waals surface area (Å²) in [6.45, 7) is 5.80. The molecule has 4 heteroatoms. The van der Waals surface area contributed by atoms with E-state index in [1.54, 1.807) is 0 Å². The summed E-state index contributed by atoms with van der Waals surface area (Å²) in [6, 6.07) is 8.76. The molecule has 2 atom stereocenters. The van der Waals surface area contributed by atoms with Crippen LogP contribution in [-0.2, 0) is 11.3 Å². The predicted molar refractivity (Wildman–Crippen MR) is 78.8 cm³/mol. The van der Waals surface area contributed by atoms with E-state index < -0.39 is 0 Å². The van der Waals surface area contributed by atoms with Crippen LogP contribution in [0.25, 0.3) is 0 Å². The van der Waals surface area contributed by atoms with Gasteiger partial charge in [0.25, 0.3) is 0 Å². The van der Waals surface area contributed by atoms with Crippen molar-refractivity contribution in [3.05, 3.63) is 29.8 Å². The number of nitrogens with zero attached hydrogens (tertiary/aromatic N) is 1. The fraction of sp³-hybridized carbons (Fsp3) is 0.562. The number of cyclic esters (lactones) is 1. The zero-order chi connectivity index (χ0) is 14.1. The summed E-state index contributed by atoms with van der Waals surface area (Å²) in [5.41, 5.74) is 2.13. The van der Waals surface area contributed by atoms with Gasteiger partial charge in [0.1, 0.15) is 6.61 Å². The molecule has 20 heavy (non-hydrogen) atoms. The molecular formula is C16H22N2O2. The van der Waals surface area contributed by atoms with Gasteiger partial charge in [-0.05, 0) is 31.4 Å². The number of para-hydroxylation sites is 1. The number of hydrogen-bond acceptors (Lipinski definition) is 3. The van der Waals surface area contributed by atoms with Crippen LogP contribution in [0.3, 0.4) is 0 Å². The highest BCUT2D eigenvalue weighted by molar-refractivity contribution is 5.91. The number of carbonyl (C=O) groups excluding carboxylic acids is 1. The third-order valence-corrected chi connectivity index (χ3v) is 4.38. The molecule has 2 aliphatic heterocycles. The molecule has 2 aliphatic rings. The second-order valence-electron chi connectivity index (χ2n) is 6.04. The summed E-state index contributed by atoms with van der Waals surface area (Å²) in [4.78, 5) is 14.1. The average Bonchev–Trinajstić information content (AvgIpc) is 2.47. The van der Waals surface area contributed by atoms with Crippen molar-refractivity contribution in [2.75, 3.05) is 11.4 Å². The van der Waals surface area contributed by atoms with Crippen molar-refractivity contribution in [2.45, 2.75) is 45.4 Å². The molecule has 1 aromatic carbocycles. The molecule has 0 aromatic heterocycles. The second kappa shape index (κ2) is 5.44. The minimum atomic E-state index is -0.196. The van der Waals surface area contributed by atoms with Crippen molar-refractivity contribution in [3.63, 3.8) is 0 Å². The standard InChI is InChI=1S/C16H22N2O2/c1-11(2)14-9-13(7-8-17-14)18-15-6-4-3-5-12(15)10-20-16(18)19/h3-6,11,13-14,17H,7-10H2,1-2H3. The van der Waals surface area contributed by atoms with Crippen molar-refractivity contribution in [3.8, 4) is 0 Å². The molecule has 2 unspecified atom stereocenters. The van der Waals surface area contributed by atoms with E-state index >= 15 is 0 Å². The third kappa shape index (κ3) is 2.40. The van der Waals surface area contributed by atoms with Gasteiger partial charge in [0.15, 0.2) is 0 Å². The topological polar surface area (TPSA) is 41.6 Å². The van der Waals surface area contributed by atoms with E-state index in [-0.39, 0.29) is 12.1 Å². The third-order valence-electron chi connectivity index (χ3n) is 4.38. The summed E-state index contributed by atoms with van der Waals surface area (Å²) in [6.07, 6.45) is 1.77. The maximum Gasteiger partial charge on any atom is 0.414 e. The minimum Gasteiger partial charge on any atom is -0.444 e. The smallest absolute Gasteiger partial charge is 0.414 e. The first-order chi connectivity index (χ1) is 9.66. The fourth-order valence-corrected chi connectivity index (χ4v) is 3.19. The first kappa shape index (κ1) is 13.4. The fourth-order valence-electron chi connectivity index (χ4n) is 3.19. The summed E-state index contributed by atoms with van der Waals surface area (Å²) >= 11 is 0. The van der Waals surface area contributed by atoms with Gasteiger partial charge < -0.3 is 10.1 Å². The number of piperidine rings is 1. The quantitative estimate of drug-likeness (QED) is 0.901. The minimum absolute atomic E-state index is 0.196. The Morgan fingerprint density at radius 2 is 2.15 bits per heavy atom. The molecule has 0 saturated carbocycles. The highest BCUT2D eigenvalue weighted by Crippen LogP contribution is 2.32. The van der Waals surface area contributed by atoms with E-state index in [4.69, 9.17) is 4.74 Å². The summed E-state index contributed by atoms with van der Waals surface area (Å²) < 4.78 is 5.33. The van der Waals surface area contributed by atoms with Crippen molar-refractivity contribution in [1.82, 2.24) is 5.32 Å². The molecular weight excluding hydrogens is 252 g/mol. The number of nitrogens with one attached hydrogen (secondary N) is 1. The van der Waals surface area contributed by atoms with Crippen LogP contribution in [0.2, 0.25) is 0 Å². The van der Waals surface area contributed by atoms with E-state index in [0.717, 1.165) is 30.6 Å². The Hall–Kier alpha value is -1.55. The average molecular weight is 274 g/mol. The van der Waals surface area contributed by atoms with Gasteiger partial charge >= 0.3 is 6.09 Å². The van der Waals surface area contributed by atoms with Crippen LogP contribution < -0.4 is 10.2 Å². The molecule has 1 saturated heterocycles. The molecule has 0 spiro atoms. The Labute approximate surface area is 120 Å². The molecule has 1 fully saturated rings. The van der Waals surface area contributed by atoms with E-state index in [2.05, 4.69) is 19.2 Å². The molecule has 3 rings (SSSR count). The Morgan fingerprint density at radius 3 is 2.95 bits per heavy atom. The molecule has 1 aromatic rings. The van der Waals surface area contributed by atoms with Gasteiger partial charge in [0.2, 0.25) is 0 Å². The Morgan fingerprint density at radius 1 is 1.35 bits per heavy atom. The largest absolute Gasteiger partial charge is 0.444 e. The molecule has 4 nitrogen and oxygen atoms in total. The molecule has 0 radical (unpaired) electrons. The number of rotatable bonds is 2. The normalized spacial score (nSPS) is 26.4. The van der Waals surface area contributed by atoms with E-state index in [9.17, 15) is 4.79 Å². The van der Waals surface area contributed by atoms with E-state index in [1.165, 1.54) is 0 Å². The summed E-state index contributed by atoms with van der Waals surface area (Å²) in [5, 5.41) is 3.55. The predicted octanol–water partition coefficient (Wildman–Crippen LogP) is 2.92.